The Hall–Kier alpha value is -4.04. The summed E-state index contributed by atoms with van der Waals surface area (Å²) in [4.78, 5) is 19.1. The molecule has 0 spiro atoms. The molecule has 8 nitrogen and oxygen atoms in total. The van der Waals surface area contributed by atoms with Crippen LogP contribution in [-0.2, 0) is 6.54 Å². The van der Waals surface area contributed by atoms with Gasteiger partial charge in [0.25, 0.3) is 0 Å². The van der Waals surface area contributed by atoms with E-state index in [1.807, 2.05) is 25.1 Å². The summed E-state index contributed by atoms with van der Waals surface area (Å²) in [5.74, 6) is 3.48. The van der Waals surface area contributed by atoms with Crippen molar-refractivity contribution in [3.8, 4) is 28.4 Å². The van der Waals surface area contributed by atoms with Gasteiger partial charge in [0, 0.05) is 17.5 Å². The van der Waals surface area contributed by atoms with Gasteiger partial charge in [0.15, 0.2) is 11.5 Å². The minimum atomic E-state index is 0.441. The number of ether oxygens (including phenoxy) is 3. The highest BCUT2D eigenvalue weighted by Gasteiger charge is 2.23. The molecule has 1 aliphatic heterocycles. The molecule has 0 fully saturated rings. The molecule has 0 atom stereocenters. The summed E-state index contributed by atoms with van der Waals surface area (Å²) >= 11 is 6.53. The number of rotatable bonds is 4. The molecule has 0 aliphatic carbocycles. The highest BCUT2D eigenvalue weighted by atomic mass is 35.5. The first kappa shape index (κ1) is 22.4. The Bertz CT molecular complexity index is 1620. The lowest BCUT2D eigenvalue weighted by atomic mass is 10.0. The minimum absolute atomic E-state index is 0.441. The maximum absolute atomic E-state index is 6.53. The van der Waals surface area contributed by atoms with Crippen molar-refractivity contribution in [3.05, 3.63) is 65.2 Å². The normalized spacial score (nSPS) is 13.4. The Kier molecular flexibility index (Phi) is 5.53. The van der Waals surface area contributed by atoms with Gasteiger partial charge in [0.05, 0.1) is 36.8 Å². The van der Waals surface area contributed by atoms with E-state index in [1.165, 1.54) is 6.33 Å². The predicted molar refractivity (Wildman–Crippen MR) is 140 cm³/mol. The molecule has 0 saturated carbocycles. The molecule has 182 valence electrons. The summed E-state index contributed by atoms with van der Waals surface area (Å²) in [5.41, 5.74) is 5.92. The smallest absolute Gasteiger partial charge is 0.188 e. The maximum Gasteiger partial charge on any atom is 0.188 e. The molecule has 0 radical (unpaired) electrons. The van der Waals surface area contributed by atoms with Crippen molar-refractivity contribution in [2.75, 3.05) is 32.3 Å². The number of halogens is 1. The van der Waals surface area contributed by atoms with Crippen molar-refractivity contribution in [2.24, 2.45) is 0 Å². The quantitative estimate of drug-likeness (QED) is 0.345. The standard InChI is InChI=1S/C27H24ClN5O3/c1-15-31-21-6-4-17(11-22(21)32-15)16-5-7-23-18(10-16)13-33(8-9-36-23)27-19-12-20(28)25(34-2)26(35-3)24(19)29-14-30-27/h4-7,10-12,14H,8-9,13H2,1-3H3,(H,31,32). The highest BCUT2D eigenvalue weighted by Crippen LogP contribution is 2.43. The highest BCUT2D eigenvalue weighted by molar-refractivity contribution is 6.33. The van der Waals surface area contributed by atoms with Crippen LogP contribution in [0.25, 0.3) is 33.1 Å². The van der Waals surface area contributed by atoms with Crippen LogP contribution < -0.4 is 19.1 Å². The largest absolute Gasteiger partial charge is 0.491 e. The topological polar surface area (TPSA) is 85.4 Å². The molecule has 1 N–H and O–H groups in total. The number of aryl methyl sites for hydroxylation is 1. The molecular formula is C27H24ClN5O3. The lowest BCUT2D eigenvalue weighted by Crippen LogP contribution is -2.26. The summed E-state index contributed by atoms with van der Waals surface area (Å²) in [7, 11) is 3.14. The van der Waals surface area contributed by atoms with Crippen LogP contribution in [0.1, 0.15) is 11.4 Å². The summed E-state index contributed by atoms with van der Waals surface area (Å²) in [6.07, 6.45) is 1.54. The van der Waals surface area contributed by atoms with Crippen LogP contribution >= 0.6 is 11.6 Å². The van der Waals surface area contributed by atoms with E-state index in [-0.39, 0.29) is 0 Å². The van der Waals surface area contributed by atoms with Gasteiger partial charge in [-0.3, -0.25) is 0 Å². The van der Waals surface area contributed by atoms with E-state index in [4.69, 9.17) is 25.8 Å². The van der Waals surface area contributed by atoms with Gasteiger partial charge in [0.2, 0.25) is 0 Å². The number of nitrogens with one attached hydrogen (secondary N) is 1. The lowest BCUT2D eigenvalue weighted by molar-refractivity contribution is 0.331. The van der Waals surface area contributed by atoms with E-state index in [0.29, 0.717) is 41.7 Å². The monoisotopic (exact) mass is 501 g/mol. The molecule has 1 aliphatic rings. The number of hydrogen-bond acceptors (Lipinski definition) is 7. The first-order valence-corrected chi connectivity index (χ1v) is 12.0. The first-order valence-electron chi connectivity index (χ1n) is 11.6. The first-order chi connectivity index (χ1) is 17.6. The fourth-order valence-corrected chi connectivity index (χ4v) is 5.08. The Morgan fingerprint density at radius 2 is 1.81 bits per heavy atom. The SMILES string of the molecule is COc1c(Cl)cc2c(N3CCOc4ccc(-c5ccc6nc(C)[nH]c6c5)cc4C3)ncnc2c1OC. The number of methoxy groups -OCH3 is 2. The number of benzene rings is 3. The number of aromatic amines is 1. The van der Waals surface area contributed by atoms with Crippen LogP contribution in [0.5, 0.6) is 17.2 Å². The van der Waals surface area contributed by atoms with Gasteiger partial charge in [-0.25, -0.2) is 15.0 Å². The van der Waals surface area contributed by atoms with Crippen LogP contribution in [-0.4, -0.2) is 47.3 Å². The van der Waals surface area contributed by atoms with Crippen molar-refractivity contribution >= 4 is 39.4 Å². The van der Waals surface area contributed by atoms with E-state index in [9.17, 15) is 0 Å². The number of aromatic nitrogens is 4. The summed E-state index contributed by atoms with van der Waals surface area (Å²) < 4.78 is 17.2. The molecular weight excluding hydrogens is 478 g/mol. The van der Waals surface area contributed by atoms with Gasteiger partial charge in [0.1, 0.15) is 35.8 Å². The van der Waals surface area contributed by atoms with Crippen molar-refractivity contribution in [1.29, 1.82) is 0 Å². The Morgan fingerprint density at radius 3 is 2.64 bits per heavy atom. The minimum Gasteiger partial charge on any atom is -0.491 e. The third-order valence-corrected chi connectivity index (χ3v) is 6.73. The van der Waals surface area contributed by atoms with Crippen LogP contribution in [0, 0.1) is 6.92 Å². The van der Waals surface area contributed by atoms with Crippen LogP contribution in [0.2, 0.25) is 5.02 Å². The molecule has 3 heterocycles. The second kappa shape index (κ2) is 8.87. The van der Waals surface area contributed by atoms with E-state index in [2.05, 4.69) is 49.1 Å². The van der Waals surface area contributed by atoms with Crippen molar-refractivity contribution < 1.29 is 14.2 Å². The van der Waals surface area contributed by atoms with Crippen molar-refractivity contribution in [3.63, 3.8) is 0 Å². The van der Waals surface area contributed by atoms with Crippen molar-refractivity contribution in [2.45, 2.75) is 13.5 Å². The number of nitrogens with zero attached hydrogens (tertiary/aromatic N) is 4. The molecule has 0 saturated heterocycles. The van der Waals surface area contributed by atoms with Gasteiger partial charge in [-0.15, -0.1) is 0 Å². The second-order valence-corrected chi connectivity index (χ2v) is 9.07. The second-order valence-electron chi connectivity index (χ2n) is 8.66. The summed E-state index contributed by atoms with van der Waals surface area (Å²) in [6.45, 7) is 3.76. The fraction of sp³-hybridized carbons (Fsp3) is 0.222. The molecule has 5 aromatic rings. The summed E-state index contributed by atoms with van der Waals surface area (Å²) in [5, 5.41) is 1.23. The lowest BCUT2D eigenvalue weighted by Gasteiger charge is -2.23. The molecule has 0 unspecified atom stereocenters. The predicted octanol–water partition coefficient (Wildman–Crippen LogP) is 5.55. The number of anilines is 1. The average Bonchev–Trinajstić information content (AvgIpc) is 3.13. The van der Waals surface area contributed by atoms with E-state index in [1.54, 1.807) is 14.2 Å². The molecule has 0 amide bonds. The third kappa shape index (κ3) is 3.74. The van der Waals surface area contributed by atoms with Crippen LogP contribution in [0.3, 0.4) is 0 Å². The molecule has 6 rings (SSSR count). The molecule has 0 bridgehead atoms. The van der Waals surface area contributed by atoms with Gasteiger partial charge >= 0.3 is 0 Å². The number of imidazole rings is 1. The summed E-state index contributed by atoms with van der Waals surface area (Å²) in [6, 6.07) is 14.4. The maximum atomic E-state index is 6.53. The number of hydrogen-bond donors (Lipinski definition) is 1. The zero-order valence-corrected chi connectivity index (χ0v) is 20.9. The average molecular weight is 502 g/mol. The number of fused-ring (bicyclic) bond motifs is 3. The number of H-pyrrole nitrogens is 1. The van der Waals surface area contributed by atoms with Crippen LogP contribution in [0.15, 0.2) is 48.8 Å². The van der Waals surface area contributed by atoms with Crippen molar-refractivity contribution in [1.82, 2.24) is 19.9 Å². The Morgan fingerprint density at radius 1 is 1.00 bits per heavy atom. The van der Waals surface area contributed by atoms with Gasteiger partial charge in [-0.1, -0.05) is 23.7 Å². The van der Waals surface area contributed by atoms with Gasteiger partial charge in [-0.05, 0) is 48.4 Å². The van der Waals surface area contributed by atoms with E-state index < -0.39 is 0 Å². The Labute approximate surface area is 212 Å². The molecule has 36 heavy (non-hydrogen) atoms. The van der Waals surface area contributed by atoms with E-state index in [0.717, 1.165) is 50.5 Å². The van der Waals surface area contributed by atoms with Gasteiger partial charge < -0.3 is 24.1 Å². The molecule has 9 heteroatoms. The molecule has 2 aromatic heterocycles. The fourth-order valence-electron chi connectivity index (χ4n) is 4.81. The zero-order valence-electron chi connectivity index (χ0n) is 20.1. The molecule has 3 aromatic carbocycles. The third-order valence-electron chi connectivity index (χ3n) is 6.45. The van der Waals surface area contributed by atoms with Gasteiger partial charge in [-0.2, -0.15) is 0 Å². The van der Waals surface area contributed by atoms with E-state index >= 15 is 0 Å². The van der Waals surface area contributed by atoms with Crippen LogP contribution in [0.4, 0.5) is 5.82 Å². The Balaban J connectivity index is 1.41. The zero-order chi connectivity index (χ0) is 24.8.